The van der Waals surface area contributed by atoms with Crippen molar-refractivity contribution < 1.29 is 9.90 Å². The molecule has 2 heterocycles. The Hall–Kier alpha value is -1.95. The summed E-state index contributed by atoms with van der Waals surface area (Å²) >= 11 is 0. The van der Waals surface area contributed by atoms with Gasteiger partial charge in [-0.05, 0) is 51.3 Å². The molecule has 27 heavy (non-hydrogen) atoms. The molecule has 0 spiro atoms. The number of aliphatic carboxylic acids is 1. The van der Waals surface area contributed by atoms with Gasteiger partial charge in [0.15, 0.2) is 0 Å². The van der Waals surface area contributed by atoms with Gasteiger partial charge in [0.05, 0.1) is 18.1 Å². The number of rotatable bonds is 7. The number of anilines is 1. The van der Waals surface area contributed by atoms with Crippen LogP contribution < -0.4 is 5.32 Å². The van der Waals surface area contributed by atoms with Crippen molar-refractivity contribution in [1.82, 2.24) is 14.9 Å². The molecule has 0 aromatic carbocycles. The molecule has 0 bridgehead atoms. The first-order valence-corrected chi connectivity index (χ1v) is 10.3. The molecule has 2 N–H and O–H groups in total. The highest BCUT2D eigenvalue weighted by molar-refractivity contribution is 5.91. The molecule has 0 amide bonds. The molecule has 2 aliphatic rings. The minimum absolute atomic E-state index is 0.255. The fourth-order valence-electron chi connectivity index (χ4n) is 4.20. The average Bonchev–Trinajstić information content (AvgIpc) is 2.69. The van der Waals surface area contributed by atoms with Crippen LogP contribution in [0.2, 0.25) is 0 Å². The fourth-order valence-corrected chi connectivity index (χ4v) is 4.20. The molecule has 6 heteroatoms. The summed E-state index contributed by atoms with van der Waals surface area (Å²) < 4.78 is 0. The Morgan fingerprint density at radius 1 is 1.22 bits per heavy atom. The highest BCUT2D eigenvalue weighted by Gasteiger charge is 2.21. The Labute approximate surface area is 162 Å². The van der Waals surface area contributed by atoms with E-state index in [9.17, 15) is 4.79 Å². The van der Waals surface area contributed by atoms with Crippen molar-refractivity contribution in [2.75, 3.05) is 25.0 Å². The molecule has 1 saturated carbocycles. The molecule has 1 aromatic rings. The first-order valence-electron chi connectivity index (χ1n) is 10.3. The van der Waals surface area contributed by atoms with Gasteiger partial charge in [0.25, 0.3) is 0 Å². The first-order chi connectivity index (χ1) is 13.1. The van der Waals surface area contributed by atoms with Crippen LogP contribution in [0.4, 0.5) is 5.82 Å². The number of hydrogen-bond acceptors (Lipinski definition) is 5. The quantitative estimate of drug-likeness (QED) is 0.709. The van der Waals surface area contributed by atoms with E-state index in [4.69, 9.17) is 5.11 Å². The zero-order chi connectivity index (χ0) is 19.1. The zero-order valence-electron chi connectivity index (χ0n) is 16.4. The molecular formula is C21H32N4O2. The monoisotopic (exact) mass is 372 g/mol. The van der Waals surface area contributed by atoms with E-state index >= 15 is 0 Å². The topological polar surface area (TPSA) is 78.4 Å². The van der Waals surface area contributed by atoms with Crippen molar-refractivity contribution in [2.24, 2.45) is 5.92 Å². The number of carboxylic acid groups (broad SMARTS) is 1. The number of nitrogens with zero attached hydrogens (tertiary/aromatic N) is 3. The van der Waals surface area contributed by atoms with E-state index in [1.165, 1.54) is 64.1 Å². The van der Waals surface area contributed by atoms with Crippen molar-refractivity contribution in [3.63, 3.8) is 0 Å². The molecule has 1 aromatic heterocycles. The Kier molecular flexibility index (Phi) is 7.21. The maximum Gasteiger partial charge on any atom is 0.331 e. The van der Waals surface area contributed by atoms with Crippen molar-refractivity contribution in [3.8, 4) is 0 Å². The van der Waals surface area contributed by atoms with Crippen LogP contribution in [0.15, 0.2) is 18.0 Å². The molecule has 1 atom stereocenters. The number of hydrogen-bond donors (Lipinski definition) is 2. The fraction of sp³-hybridized carbons (Fsp3) is 0.667. The molecule has 3 rings (SSSR count). The number of piperidine rings is 1. The van der Waals surface area contributed by atoms with Crippen LogP contribution in [0.3, 0.4) is 0 Å². The third-order valence-electron chi connectivity index (χ3n) is 5.81. The van der Waals surface area contributed by atoms with Crippen LogP contribution in [-0.4, -0.2) is 51.6 Å². The second-order valence-corrected chi connectivity index (χ2v) is 8.04. The Morgan fingerprint density at radius 3 is 2.74 bits per heavy atom. The summed E-state index contributed by atoms with van der Waals surface area (Å²) in [7, 11) is 0. The van der Waals surface area contributed by atoms with E-state index in [2.05, 4.69) is 20.2 Å². The second kappa shape index (κ2) is 9.83. The molecular weight excluding hydrogens is 340 g/mol. The van der Waals surface area contributed by atoms with Gasteiger partial charge in [-0.3, -0.25) is 4.98 Å². The summed E-state index contributed by atoms with van der Waals surface area (Å²) in [5, 5.41) is 12.4. The summed E-state index contributed by atoms with van der Waals surface area (Å²) in [6.45, 7) is 5.04. The highest BCUT2D eigenvalue weighted by atomic mass is 16.4. The Balaban J connectivity index is 1.47. The summed E-state index contributed by atoms with van der Waals surface area (Å²) in [5.41, 5.74) is 0.823. The third-order valence-corrected chi connectivity index (χ3v) is 5.81. The van der Waals surface area contributed by atoms with Gasteiger partial charge in [0.2, 0.25) is 0 Å². The predicted octanol–water partition coefficient (Wildman–Crippen LogP) is 3.81. The van der Waals surface area contributed by atoms with Gasteiger partial charge >= 0.3 is 5.97 Å². The van der Waals surface area contributed by atoms with Crippen LogP contribution >= 0.6 is 0 Å². The predicted molar refractivity (Wildman–Crippen MR) is 108 cm³/mol. The summed E-state index contributed by atoms with van der Waals surface area (Å²) in [6.07, 6.45) is 15.7. The van der Waals surface area contributed by atoms with Gasteiger partial charge in [0, 0.05) is 18.2 Å². The van der Waals surface area contributed by atoms with Gasteiger partial charge < -0.3 is 15.3 Å². The lowest BCUT2D eigenvalue weighted by Crippen LogP contribution is -2.43. The van der Waals surface area contributed by atoms with Crippen molar-refractivity contribution in [3.05, 3.63) is 23.7 Å². The van der Waals surface area contributed by atoms with E-state index in [0.29, 0.717) is 11.7 Å². The molecule has 6 nitrogen and oxygen atoms in total. The van der Waals surface area contributed by atoms with Gasteiger partial charge in [0.1, 0.15) is 5.82 Å². The minimum Gasteiger partial charge on any atom is -0.478 e. The number of carbonyl (C=O) groups is 1. The average molecular weight is 373 g/mol. The van der Waals surface area contributed by atoms with Crippen molar-refractivity contribution in [1.29, 1.82) is 0 Å². The highest BCUT2D eigenvalue weighted by Crippen LogP contribution is 2.27. The van der Waals surface area contributed by atoms with E-state index in [-0.39, 0.29) is 5.57 Å². The number of carboxylic acids is 1. The molecule has 1 aliphatic carbocycles. The Bertz CT molecular complexity index is 638. The van der Waals surface area contributed by atoms with Crippen molar-refractivity contribution >= 4 is 17.9 Å². The van der Waals surface area contributed by atoms with E-state index in [1.807, 2.05) is 0 Å². The van der Waals surface area contributed by atoms with Gasteiger partial charge in [-0.15, -0.1) is 0 Å². The molecule has 1 saturated heterocycles. The largest absolute Gasteiger partial charge is 0.478 e. The maximum atomic E-state index is 10.9. The zero-order valence-corrected chi connectivity index (χ0v) is 16.4. The number of aromatic nitrogens is 2. The number of nitrogens with one attached hydrogen (secondary N) is 1. The van der Waals surface area contributed by atoms with Gasteiger partial charge in [-0.2, -0.15) is 0 Å². The van der Waals surface area contributed by atoms with Gasteiger partial charge in [-0.25, -0.2) is 9.78 Å². The van der Waals surface area contributed by atoms with E-state index < -0.39 is 5.97 Å². The summed E-state index contributed by atoms with van der Waals surface area (Å²) in [5.74, 6) is 0.765. The van der Waals surface area contributed by atoms with E-state index in [0.717, 1.165) is 24.7 Å². The standard InChI is InChI=1S/C21H32N4O2/c1-16(21(26)27)12-19-13-23-20(14-22-19)24-18-8-5-10-25(15-18)11-9-17-6-3-2-4-7-17/h12-14,17-18H,2-11,15H2,1H3,(H,23,24)(H,26,27)/t18-/m1/s1. The maximum absolute atomic E-state index is 10.9. The lowest BCUT2D eigenvalue weighted by atomic mass is 9.87. The molecule has 0 radical (unpaired) electrons. The smallest absolute Gasteiger partial charge is 0.331 e. The molecule has 148 valence electrons. The van der Waals surface area contributed by atoms with Crippen LogP contribution in [0.1, 0.15) is 64.0 Å². The van der Waals surface area contributed by atoms with Crippen LogP contribution in [-0.2, 0) is 4.79 Å². The summed E-state index contributed by atoms with van der Waals surface area (Å²) in [4.78, 5) is 22.2. The van der Waals surface area contributed by atoms with Crippen molar-refractivity contribution in [2.45, 2.75) is 64.3 Å². The molecule has 0 unspecified atom stereocenters. The lowest BCUT2D eigenvalue weighted by Gasteiger charge is -2.34. The van der Waals surface area contributed by atoms with Gasteiger partial charge in [-0.1, -0.05) is 32.1 Å². The third kappa shape index (κ3) is 6.31. The summed E-state index contributed by atoms with van der Waals surface area (Å²) in [6, 6.07) is 0.404. The second-order valence-electron chi connectivity index (χ2n) is 8.04. The number of likely N-dealkylation sites (tertiary alicyclic amines) is 1. The SMILES string of the molecule is CC(=Cc1cnc(N[C@@H]2CCCN(CCC3CCCCC3)C2)cn1)C(=O)O. The van der Waals surface area contributed by atoms with Crippen LogP contribution in [0.5, 0.6) is 0 Å². The molecule has 1 aliphatic heterocycles. The first kappa shape index (κ1) is 19.8. The minimum atomic E-state index is -0.936. The normalized spacial score (nSPS) is 22.6. The van der Waals surface area contributed by atoms with Crippen LogP contribution in [0.25, 0.3) is 6.08 Å². The lowest BCUT2D eigenvalue weighted by molar-refractivity contribution is -0.132. The van der Waals surface area contributed by atoms with E-state index in [1.54, 1.807) is 19.3 Å². The Morgan fingerprint density at radius 2 is 2.04 bits per heavy atom. The molecule has 2 fully saturated rings. The van der Waals surface area contributed by atoms with Crippen LogP contribution in [0, 0.1) is 5.92 Å².